The molecule has 6 nitrogen and oxygen atoms in total. The number of hydrogen-bond donors (Lipinski definition) is 2. The molecule has 0 bridgehead atoms. The van der Waals surface area contributed by atoms with Gasteiger partial charge >= 0.3 is 0 Å². The maximum atomic E-state index is 12.2. The third kappa shape index (κ3) is 3.26. The molecule has 2 aromatic heterocycles. The second-order valence-electron chi connectivity index (χ2n) is 4.25. The molecule has 0 aromatic carbocycles. The van der Waals surface area contributed by atoms with Crippen molar-refractivity contribution in [3.63, 3.8) is 0 Å². The summed E-state index contributed by atoms with van der Waals surface area (Å²) in [6, 6.07) is 3.72. The molecule has 0 spiro atoms. The van der Waals surface area contributed by atoms with E-state index in [0.717, 1.165) is 17.1 Å². The van der Waals surface area contributed by atoms with E-state index in [0.29, 0.717) is 18.0 Å². The number of nitrogen functional groups attached to an aromatic ring is 1. The van der Waals surface area contributed by atoms with Crippen LogP contribution in [0, 0.1) is 0 Å². The molecule has 2 aromatic rings. The van der Waals surface area contributed by atoms with Gasteiger partial charge in [0.1, 0.15) is 9.90 Å². The van der Waals surface area contributed by atoms with Crippen LogP contribution in [-0.4, -0.2) is 23.5 Å². The van der Waals surface area contributed by atoms with Crippen LogP contribution in [0.1, 0.15) is 18.9 Å². The standard InChI is InChI=1S/C12H16N4O2S2/c1-2-7-20(17,18)10-11(13)16-19-12(10)15-8-9-3-5-14-6-4-9/h3-6,15H,2,7-8H2,1H3,(H2,13,16). The molecule has 0 unspecified atom stereocenters. The van der Waals surface area contributed by atoms with Crippen LogP contribution in [0.25, 0.3) is 0 Å². The van der Waals surface area contributed by atoms with Gasteiger partial charge in [0.15, 0.2) is 15.7 Å². The Bertz CT molecular complexity index is 668. The zero-order chi connectivity index (χ0) is 14.6. The van der Waals surface area contributed by atoms with Gasteiger partial charge in [-0.05, 0) is 35.6 Å². The van der Waals surface area contributed by atoms with Crippen LogP contribution in [0.15, 0.2) is 29.4 Å². The fraction of sp³-hybridized carbons (Fsp3) is 0.333. The number of rotatable bonds is 6. The monoisotopic (exact) mass is 312 g/mol. The molecule has 0 saturated carbocycles. The van der Waals surface area contributed by atoms with Crippen LogP contribution in [0.2, 0.25) is 0 Å². The Hall–Kier alpha value is -1.67. The molecule has 0 amide bonds. The largest absolute Gasteiger partial charge is 0.382 e. The van der Waals surface area contributed by atoms with Crippen molar-refractivity contribution in [2.75, 3.05) is 16.8 Å². The molecule has 2 heterocycles. The van der Waals surface area contributed by atoms with Crippen molar-refractivity contribution in [1.29, 1.82) is 0 Å². The highest BCUT2D eigenvalue weighted by molar-refractivity contribution is 7.91. The number of aromatic nitrogens is 2. The molecule has 0 radical (unpaired) electrons. The molecule has 0 atom stereocenters. The first kappa shape index (κ1) is 14.7. The van der Waals surface area contributed by atoms with Crippen molar-refractivity contribution in [2.45, 2.75) is 24.8 Å². The topological polar surface area (TPSA) is 98.0 Å². The van der Waals surface area contributed by atoms with Crippen LogP contribution in [0.3, 0.4) is 0 Å². The summed E-state index contributed by atoms with van der Waals surface area (Å²) in [5.74, 6) is 0.139. The normalized spacial score (nSPS) is 11.4. The molecule has 0 aliphatic heterocycles. The highest BCUT2D eigenvalue weighted by atomic mass is 32.2. The fourth-order valence-electron chi connectivity index (χ4n) is 1.76. The highest BCUT2D eigenvalue weighted by Gasteiger charge is 2.24. The quantitative estimate of drug-likeness (QED) is 0.845. The van der Waals surface area contributed by atoms with E-state index in [9.17, 15) is 8.42 Å². The summed E-state index contributed by atoms with van der Waals surface area (Å²) < 4.78 is 28.3. The lowest BCUT2D eigenvalue weighted by Gasteiger charge is -2.07. The van der Waals surface area contributed by atoms with Crippen molar-refractivity contribution in [1.82, 2.24) is 9.36 Å². The van der Waals surface area contributed by atoms with Gasteiger partial charge < -0.3 is 11.1 Å². The summed E-state index contributed by atoms with van der Waals surface area (Å²) >= 11 is 1.07. The van der Waals surface area contributed by atoms with Crippen LogP contribution < -0.4 is 11.1 Å². The van der Waals surface area contributed by atoms with E-state index in [4.69, 9.17) is 5.73 Å². The summed E-state index contributed by atoms with van der Waals surface area (Å²) in [5.41, 5.74) is 6.70. The van der Waals surface area contributed by atoms with Gasteiger partial charge in [0, 0.05) is 18.9 Å². The Kier molecular flexibility index (Phi) is 4.56. The molecule has 108 valence electrons. The first-order chi connectivity index (χ1) is 9.54. The maximum absolute atomic E-state index is 12.2. The summed E-state index contributed by atoms with van der Waals surface area (Å²) in [6.07, 6.45) is 3.92. The average molecular weight is 312 g/mol. The zero-order valence-corrected chi connectivity index (χ0v) is 12.7. The van der Waals surface area contributed by atoms with E-state index < -0.39 is 9.84 Å². The van der Waals surface area contributed by atoms with Gasteiger partial charge in [-0.3, -0.25) is 4.98 Å². The fourth-order valence-corrected chi connectivity index (χ4v) is 4.38. The zero-order valence-electron chi connectivity index (χ0n) is 11.0. The van der Waals surface area contributed by atoms with E-state index >= 15 is 0 Å². The molecular weight excluding hydrogens is 296 g/mol. The minimum Gasteiger partial charge on any atom is -0.382 e. The molecule has 0 saturated heterocycles. The van der Waals surface area contributed by atoms with E-state index in [1.54, 1.807) is 12.4 Å². The second-order valence-corrected chi connectivity index (χ2v) is 7.07. The summed E-state index contributed by atoms with van der Waals surface area (Å²) in [6.45, 7) is 2.32. The lowest BCUT2D eigenvalue weighted by atomic mass is 10.3. The second kappa shape index (κ2) is 6.19. The Morgan fingerprint density at radius 3 is 2.70 bits per heavy atom. The van der Waals surface area contributed by atoms with Gasteiger partial charge in [0.2, 0.25) is 0 Å². The van der Waals surface area contributed by atoms with Crippen molar-refractivity contribution in [2.24, 2.45) is 0 Å². The number of nitrogens with two attached hydrogens (primary N) is 1. The van der Waals surface area contributed by atoms with Crippen molar-refractivity contribution in [3.05, 3.63) is 30.1 Å². The minimum atomic E-state index is -3.38. The average Bonchev–Trinajstić information content (AvgIpc) is 2.79. The van der Waals surface area contributed by atoms with Gasteiger partial charge in [0.05, 0.1) is 5.75 Å². The van der Waals surface area contributed by atoms with Crippen molar-refractivity contribution in [3.8, 4) is 0 Å². The Balaban J connectivity index is 2.22. The molecule has 0 aliphatic rings. The summed E-state index contributed by atoms with van der Waals surface area (Å²) in [7, 11) is -3.38. The molecule has 20 heavy (non-hydrogen) atoms. The number of hydrogen-bond acceptors (Lipinski definition) is 7. The SMILES string of the molecule is CCCS(=O)(=O)c1c(N)nsc1NCc1ccncc1. The first-order valence-corrected chi connectivity index (χ1v) is 8.58. The van der Waals surface area contributed by atoms with E-state index in [1.807, 2.05) is 19.1 Å². The van der Waals surface area contributed by atoms with Gasteiger partial charge in [-0.25, -0.2) is 8.42 Å². The number of nitrogens with zero attached hydrogens (tertiary/aromatic N) is 2. The minimum absolute atomic E-state index is 0.0690. The summed E-state index contributed by atoms with van der Waals surface area (Å²) in [5, 5.41) is 3.58. The van der Waals surface area contributed by atoms with Crippen LogP contribution in [-0.2, 0) is 16.4 Å². The molecule has 0 fully saturated rings. The lowest BCUT2D eigenvalue weighted by Crippen LogP contribution is -2.10. The van der Waals surface area contributed by atoms with Crippen molar-refractivity contribution < 1.29 is 8.42 Å². The third-order valence-corrected chi connectivity index (χ3v) is 5.59. The maximum Gasteiger partial charge on any atom is 0.185 e. The van der Waals surface area contributed by atoms with E-state index in [2.05, 4.69) is 14.7 Å². The smallest absolute Gasteiger partial charge is 0.185 e. The lowest BCUT2D eigenvalue weighted by molar-refractivity contribution is 0.595. The van der Waals surface area contributed by atoms with Crippen LogP contribution in [0.5, 0.6) is 0 Å². The van der Waals surface area contributed by atoms with Gasteiger partial charge in [-0.1, -0.05) is 6.92 Å². The van der Waals surface area contributed by atoms with E-state index in [1.165, 1.54) is 0 Å². The predicted molar refractivity (Wildman–Crippen MR) is 80.4 cm³/mol. The van der Waals surface area contributed by atoms with Gasteiger partial charge in [-0.2, -0.15) is 4.37 Å². The number of nitrogens with one attached hydrogen (secondary N) is 1. The van der Waals surface area contributed by atoms with Crippen molar-refractivity contribution >= 4 is 32.2 Å². The molecular formula is C12H16N4O2S2. The number of sulfone groups is 1. The summed E-state index contributed by atoms with van der Waals surface area (Å²) in [4.78, 5) is 4.06. The van der Waals surface area contributed by atoms with E-state index in [-0.39, 0.29) is 16.5 Å². The number of pyridine rings is 1. The molecule has 0 aliphatic carbocycles. The van der Waals surface area contributed by atoms with Crippen LogP contribution >= 0.6 is 11.5 Å². The molecule has 3 N–H and O–H groups in total. The van der Waals surface area contributed by atoms with Crippen LogP contribution in [0.4, 0.5) is 10.8 Å². The Labute approximate surface area is 122 Å². The number of anilines is 2. The molecule has 8 heteroatoms. The first-order valence-electron chi connectivity index (χ1n) is 6.15. The highest BCUT2D eigenvalue weighted by Crippen LogP contribution is 2.32. The van der Waals surface area contributed by atoms with Gasteiger partial charge in [0.25, 0.3) is 0 Å². The predicted octanol–water partition coefficient (Wildman–Crippen LogP) is 1.92. The Morgan fingerprint density at radius 1 is 1.35 bits per heavy atom. The third-order valence-electron chi connectivity index (χ3n) is 2.66. The Morgan fingerprint density at radius 2 is 2.05 bits per heavy atom. The van der Waals surface area contributed by atoms with Gasteiger partial charge in [-0.15, -0.1) is 0 Å². The molecule has 2 rings (SSSR count).